The van der Waals surface area contributed by atoms with Gasteiger partial charge in [-0.25, -0.2) is 8.42 Å². The number of hydrogen-bond donors (Lipinski definition) is 0. The summed E-state index contributed by atoms with van der Waals surface area (Å²) in [6.45, 7) is 4.48. The second-order valence-electron chi connectivity index (χ2n) is 7.04. The molecule has 2 fully saturated rings. The van der Waals surface area contributed by atoms with E-state index in [0.29, 0.717) is 32.5 Å². The molecule has 1 aliphatic carbocycles. The van der Waals surface area contributed by atoms with Crippen LogP contribution in [0, 0.1) is 0 Å². The Morgan fingerprint density at radius 1 is 1.17 bits per heavy atom. The van der Waals surface area contributed by atoms with Gasteiger partial charge >= 0.3 is 0 Å². The largest absolute Gasteiger partial charge is 0.374 e. The van der Waals surface area contributed by atoms with E-state index in [1.807, 2.05) is 44.2 Å². The van der Waals surface area contributed by atoms with Gasteiger partial charge < -0.3 is 14.2 Å². The van der Waals surface area contributed by atoms with E-state index in [9.17, 15) is 8.42 Å². The molecule has 0 N–H and O–H groups in total. The van der Waals surface area contributed by atoms with Crippen LogP contribution in [-0.4, -0.2) is 37.8 Å². The Morgan fingerprint density at radius 2 is 1.79 bits per heavy atom. The maximum absolute atomic E-state index is 11.8. The summed E-state index contributed by atoms with van der Waals surface area (Å²) in [7, 11) is 2.01. The molecule has 1 saturated heterocycles. The molecule has 1 heterocycles. The number of rotatable bonds is 7. The molecular formula is C17H23ClO5S. The Hall–Kier alpha value is -0.660. The van der Waals surface area contributed by atoms with Gasteiger partial charge in [-0.1, -0.05) is 30.3 Å². The topological polar surface area (TPSA) is 61.8 Å². The highest BCUT2D eigenvalue weighted by Gasteiger charge is 2.57. The SMILES string of the molecule is CC1(C)O[C@@H](COCc2ccccc2)[C@@H](CC2(S(=O)(=O)Cl)CC2)O1. The monoisotopic (exact) mass is 374 g/mol. The molecule has 1 aromatic rings. The van der Waals surface area contributed by atoms with Crippen LogP contribution >= 0.6 is 10.7 Å². The molecule has 0 spiro atoms. The van der Waals surface area contributed by atoms with Gasteiger partial charge in [0.05, 0.1) is 24.1 Å². The quantitative estimate of drug-likeness (QED) is 0.686. The molecule has 3 rings (SSSR count). The third kappa shape index (κ3) is 4.11. The molecule has 24 heavy (non-hydrogen) atoms. The minimum absolute atomic E-state index is 0.306. The van der Waals surface area contributed by atoms with E-state index in [4.69, 9.17) is 24.9 Å². The molecule has 0 amide bonds. The van der Waals surface area contributed by atoms with Gasteiger partial charge in [-0.15, -0.1) is 0 Å². The zero-order valence-electron chi connectivity index (χ0n) is 13.9. The summed E-state index contributed by atoms with van der Waals surface area (Å²) in [5, 5.41) is 0. The summed E-state index contributed by atoms with van der Waals surface area (Å²) in [5.74, 6) is -0.752. The van der Waals surface area contributed by atoms with Crippen LogP contribution in [0.4, 0.5) is 0 Å². The van der Waals surface area contributed by atoms with Gasteiger partial charge in [0.2, 0.25) is 9.05 Å². The van der Waals surface area contributed by atoms with E-state index in [1.54, 1.807) is 0 Å². The lowest BCUT2D eigenvalue weighted by Gasteiger charge is -2.21. The molecule has 7 heteroatoms. The lowest BCUT2D eigenvalue weighted by molar-refractivity contribution is -0.151. The van der Waals surface area contributed by atoms with Crippen LogP contribution in [0.15, 0.2) is 30.3 Å². The molecule has 1 saturated carbocycles. The zero-order valence-corrected chi connectivity index (χ0v) is 15.5. The minimum atomic E-state index is -3.61. The van der Waals surface area contributed by atoms with Crippen LogP contribution in [0.5, 0.6) is 0 Å². The van der Waals surface area contributed by atoms with Gasteiger partial charge in [-0.05, 0) is 38.7 Å². The maximum atomic E-state index is 11.8. The summed E-state index contributed by atoms with van der Waals surface area (Å²) >= 11 is 0. The molecule has 0 aromatic heterocycles. The number of hydrogen-bond acceptors (Lipinski definition) is 5. The van der Waals surface area contributed by atoms with Gasteiger partial charge in [-0.2, -0.15) is 0 Å². The average Bonchev–Trinajstić information content (AvgIpc) is 3.21. The van der Waals surface area contributed by atoms with Crippen molar-refractivity contribution >= 4 is 19.7 Å². The summed E-state index contributed by atoms with van der Waals surface area (Å²) < 4.78 is 40.3. The van der Waals surface area contributed by atoms with Crippen molar-refractivity contribution in [2.75, 3.05) is 6.61 Å². The molecule has 2 aliphatic rings. The van der Waals surface area contributed by atoms with Crippen molar-refractivity contribution in [1.29, 1.82) is 0 Å². The van der Waals surface area contributed by atoms with Gasteiger partial charge in [0.15, 0.2) is 5.79 Å². The summed E-state index contributed by atoms with van der Waals surface area (Å²) in [4.78, 5) is 0. The van der Waals surface area contributed by atoms with Gasteiger partial charge in [-0.3, -0.25) is 0 Å². The van der Waals surface area contributed by atoms with Crippen molar-refractivity contribution in [3.63, 3.8) is 0 Å². The lowest BCUT2D eigenvalue weighted by atomic mass is 10.1. The first-order valence-electron chi connectivity index (χ1n) is 8.12. The van der Waals surface area contributed by atoms with Gasteiger partial charge in [0, 0.05) is 10.7 Å². The Morgan fingerprint density at radius 3 is 2.38 bits per heavy atom. The van der Waals surface area contributed by atoms with Crippen LogP contribution in [0.3, 0.4) is 0 Å². The van der Waals surface area contributed by atoms with Crippen LogP contribution in [0.2, 0.25) is 0 Å². The molecule has 5 nitrogen and oxygen atoms in total. The molecule has 134 valence electrons. The normalized spacial score (nSPS) is 28.0. The van der Waals surface area contributed by atoms with E-state index in [2.05, 4.69) is 0 Å². The Balaban J connectivity index is 1.60. The molecule has 0 bridgehead atoms. The Bertz CT molecular complexity index is 669. The smallest absolute Gasteiger partial charge is 0.238 e. The third-order valence-corrected chi connectivity index (χ3v) is 7.17. The Labute approximate surface area is 147 Å². The van der Waals surface area contributed by atoms with E-state index in [-0.39, 0.29) is 12.2 Å². The highest BCUT2D eigenvalue weighted by molar-refractivity contribution is 8.15. The van der Waals surface area contributed by atoms with Crippen molar-refractivity contribution < 1.29 is 22.6 Å². The molecule has 1 aromatic carbocycles. The van der Waals surface area contributed by atoms with Crippen molar-refractivity contribution in [2.24, 2.45) is 0 Å². The van der Waals surface area contributed by atoms with E-state index >= 15 is 0 Å². The second kappa shape index (κ2) is 6.57. The first-order chi connectivity index (χ1) is 11.2. The number of ether oxygens (including phenoxy) is 3. The molecule has 2 atom stereocenters. The van der Waals surface area contributed by atoms with Crippen LogP contribution in [0.1, 0.15) is 38.7 Å². The van der Waals surface area contributed by atoms with Crippen molar-refractivity contribution in [3.8, 4) is 0 Å². The minimum Gasteiger partial charge on any atom is -0.374 e. The Kier molecular flexibility index (Phi) is 4.97. The first kappa shape index (κ1) is 18.1. The third-order valence-electron chi connectivity index (χ3n) is 4.58. The summed E-state index contributed by atoms with van der Waals surface area (Å²) in [6, 6.07) is 9.86. The summed E-state index contributed by atoms with van der Waals surface area (Å²) in [6.07, 6.45) is 0.862. The maximum Gasteiger partial charge on any atom is 0.238 e. The first-order valence-corrected chi connectivity index (χ1v) is 10.4. The fourth-order valence-corrected chi connectivity index (χ4v) is 4.75. The van der Waals surface area contributed by atoms with Crippen molar-refractivity contribution in [1.82, 2.24) is 0 Å². The zero-order chi connectivity index (χ0) is 17.4. The highest BCUT2D eigenvalue weighted by Crippen LogP contribution is 2.51. The molecule has 0 unspecified atom stereocenters. The molecule has 0 radical (unpaired) electrons. The van der Waals surface area contributed by atoms with Crippen molar-refractivity contribution in [2.45, 2.75) is 62.5 Å². The van der Waals surface area contributed by atoms with E-state index in [0.717, 1.165) is 5.56 Å². The van der Waals surface area contributed by atoms with Gasteiger partial charge in [0.25, 0.3) is 0 Å². The fraction of sp³-hybridized carbons (Fsp3) is 0.647. The van der Waals surface area contributed by atoms with Crippen molar-refractivity contribution in [3.05, 3.63) is 35.9 Å². The summed E-state index contributed by atoms with van der Waals surface area (Å²) in [5.41, 5.74) is 1.08. The van der Waals surface area contributed by atoms with Gasteiger partial charge in [0.1, 0.15) is 6.10 Å². The number of halogens is 1. The predicted molar refractivity (Wildman–Crippen MR) is 91.3 cm³/mol. The fourth-order valence-electron chi connectivity index (χ4n) is 3.14. The van der Waals surface area contributed by atoms with Crippen LogP contribution in [-0.2, 0) is 29.9 Å². The standard InChI is InChI=1S/C17H23ClO5S/c1-16(2)22-14(10-17(8-9-17)24(18,19)20)15(23-16)12-21-11-13-6-4-3-5-7-13/h3-7,14-15H,8-12H2,1-2H3/t14-,15+/m1/s1. The molecular weight excluding hydrogens is 352 g/mol. The number of benzene rings is 1. The van der Waals surface area contributed by atoms with E-state index in [1.165, 1.54) is 0 Å². The average molecular weight is 375 g/mol. The highest BCUT2D eigenvalue weighted by atomic mass is 35.7. The predicted octanol–water partition coefficient (Wildman–Crippen LogP) is 3.21. The lowest BCUT2D eigenvalue weighted by Crippen LogP contribution is -2.34. The van der Waals surface area contributed by atoms with E-state index < -0.39 is 19.6 Å². The molecule has 1 aliphatic heterocycles. The van der Waals surface area contributed by atoms with Crippen LogP contribution in [0.25, 0.3) is 0 Å². The van der Waals surface area contributed by atoms with Crippen LogP contribution < -0.4 is 0 Å². The second-order valence-corrected chi connectivity index (χ2v) is 10.00.